The summed E-state index contributed by atoms with van der Waals surface area (Å²) in [6, 6.07) is 0. The Labute approximate surface area is 86.0 Å². The van der Waals surface area contributed by atoms with Crippen molar-refractivity contribution >= 4 is 10.4 Å². The van der Waals surface area contributed by atoms with Gasteiger partial charge in [0.1, 0.15) is 18.3 Å². The lowest BCUT2D eigenvalue weighted by Gasteiger charge is -2.38. The Hall–Kier alpha value is -0.290. The zero-order valence-electron chi connectivity index (χ0n) is 7.72. The van der Waals surface area contributed by atoms with Gasteiger partial charge in [-0.1, -0.05) is 0 Å². The molecule has 0 bridgehead atoms. The van der Waals surface area contributed by atoms with Crippen LogP contribution in [0.2, 0.25) is 0 Å². The van der Waals surface area contributed by atoms with E-state index in [4.69, 9.17) is 14.8 Å². The standard InChI is InChI=1S/C6H12O8S/c1-2-5(14-15(10,11)12)3(7)4(8)6(9)13-2/h2-9H,1H3,(H,10,11,12)/t2-,3-,4-,5+,6+/m0/s1. The van der Waals surface area contributed by atoms with Gasteiger partial charge >= 0.3 is 10.4 Å². The average Bonchev–Trinajstić information content (AvgIpc) is 2.07. The maximum Gasteiger partial charge on any atom is 0.397 e. The van der Waals surface area contributed by atoms with Crippen LogP contribution in [0.1, 0.15) is 6.92 Å². The van der Waals surface area contributed by atoms with Crippen LogP contribution >= 0.6 is 0 Å². The van der Waals surface area contributed by atoms with Crippen LogP contribution in [0.3, 0.4) is 0 Å². The van der Waals surface area contributed by atoms with E-state index in [1.807, 2.05) is 0 Å². The molecular formula is C6H12O8S. The van der Waals surface area contributed by atoms with Gasteiger partial charge in [-0.15, -0.1) is 0 Å². The van der Waals surface area contributed by atoms with Gasteiger partial charge in [-0.3, -0.25) is 4.55 Å². The van der Waals surface area contributed by atoms with Crippen molar-refractivity contribution in [2.45, 2.75) is 37.6 Å². The Morgan fingerprint density at radius 3 is 2.20 bits per heavy atom. The fourth-order valence-corrected chi connectivity index (χ4v) is 1.85. The highest BCUT2D eigenvalue weighted by Crippen LogP contribution is 2.22. The molecule has 1 fully saturated rings. The molecule has 1 rings (SSSR count). The predicted octanol–water partition coefficient (Wildman–Crippen LogP) is -2.37. The number of aliphatic hydroxyl groups is 3. The maximum absolute atomic E-state index is 10.4. The van der Waals surface area contributed by atoms with Gasteiger partial charge in [-0.25, -0.2) is 4.18 Å². The van der Waals surface area contributed by atoms with E-state index >= 15 is 0 Å². The summed E-state index contributed by atoms with van der Waals surface area (Å²) in [5.74, 6) is 0. The summed E-state index contributed by atoms with van der Waals surface area (Å²) >= 11 is 0. The van der Waals surface area contributed by atoms with E-state index in [9.17, 15) is 13.5 Å². The van der Waals surface area contributed by atoms with Crippen LogP contribution in [0.5, 0.6) is 0 Å². The molecule has 1 aliphatic rings. The van der Waals surface area contributed by atoms with Crippen molar-refractivity contribution in [1.29, 1.82) is 0 Å². The predicted molar refractivity (Wildman–Crippen MR) is 45.0 cm³/mol. The summed E-state index contributed by atoms with van der Waals surface area (Å²) in [5, 5.41) is 27.5. The quantitative estimate of drug-likeness (QED) is 0.396. The first-order chi connectivity index (χ1) is 6.72. The molecule has 8 nitrogen and oxygen atoms in total. The third kappa shape index (κ3) is 3.08. The van der Waals surface area contributed by atoms with Crippen LogP contribution in [0.4, 0.5) is 0 Å². The van der Waals surface area contributed by atoms with E-state index in [0.29, 0.717) is 0 Å². The maximum atomic E-state index is 10.4. The second-order valence-electron chi connectivity index (χ2n) is 3.20. The lowest BCUT2D eigenvalue weighted by atomic mass is 10.0. The number of rotatable bonds is 2. The second kappa shape index (κ2) is 4.29. The lowest BCUT2D eigenvalue weighted by molar-refractivity contribution is -0.273. The van der Waals surface area contributed by atoms with Crippen molar-refractivity contribution < 1.29 is 37.2 Å². The van der Waals surface area contributed by atoms with Gasteiger partial charge in [0.2, 0.25) is 0 Å². The van der Waals surface area contributed by atoms with Gasteiger partial charge in [0, 0.05) is 0 Å². The fourth-order valence-electron chi connectivity index (χ4n) is 1.29. The Bertz CT molecular complexity index is 313. The van der Waals surface area contributed by atoms with Crippen molar-refractivity contribution in [3.63, 3.8) is 0 Å². The highest BCUT2D eigenvalue weighted by molar-refractivity contribution is 7.80. The molecule has 0 radical (unpaired) electrons. The van der Waals surface area contributed by atoms with Crippen molar-refractivity contribution in [3.8, 4) is 0 Å². The molecule has 0 aromatic rings. The molecule has 15 heavy (non-hydrogen) atoms. The zero-order chi connectivity index (χ0) is 11.8. The highest BCUT2D eigenvalue weighted by atomic mass is 32.3. The molecule has 0 spiro atoms. The normalized spacial score (nSPS) is 42.9. The van der Waals surface area contributed by atoms with Crippen molar-refractivity contribution in [1.82, 2.24) is 0 Å². The highest BCUT2D eigenvalue weighted by Gasteiger charge is 2.44. The Kier molecular flexibility index (Phi) is 3.66. The molecule has 0 amide bonds. The van der Waals surface area contributed by atoms with Gasteiger partial charge in [0.25, 0.3) is 0 Å². The van der Waals surface area contributed by atoms with E-state index in [2.05, 4.69) is 8.92 Å². The van der Waals surface area contributed by atoms with Gasteiger partial charge in [-0.2, -0.15) is 8.42 Å². The van der Waals surface area contributed by atoms with Gasteiger partial charge < -0.3 is 20.1 Å². The van der Waals surface area contributed by atoms with E-state index in [0.717, 1.165) is 0 Å². The Balaban J connectivity index is 2.79. The minimum absolute atomic E-state index is 1.000. The van der Waals surface area contributed by atoms with E-state index < -0.39 is 41.1 Å². The first kappa shape index (κ1) is 12.8. The molecule has 0 unspecified atom stereocenters. The smallest absolute Gasteiger partial charge is 0.387 e. The first-order valence-electron chi connectivity index (χ1n) is 4.07. The summed E-state index contributed by atoms with van der Waals surface area (Å²) in [4.78, 5) is 0. The fraction of sp³-hybridized carbons (Fsp3) is 1.00. The monoisotopic (exact) mass is 244 g/mol. The minimum atomic E-state index is -4.76. The van der Waals surface area contributed by atoms with Crippen LogP contribution in [0, 0.1) is 0 Å². The molecule has 0 aliphatic carbocycles. The molecule has 9 heteroatoms. The summed E-state index contributed by atoms with van der Waals surface area (Å²) < 4.78 is 38.0. The topological polar surface area (TPSA) is 134 Å². The van der Waals surface area contributed by atoms with Crippen LogP contribution in [0.15, 0.2) is 0 Å². The van der Waals surface area contributed by atoms with Gasteiger partial charge in [0.15, 0.2) is 6.29 Å². The lowest BCUT2D eigenvalue weighted by Crippen LogP contribution is -2.57. The third-order valence-corrected chi connectivity index (χ3v) is 2.49. The summed E-state index contributed by atoms with van der Waals surface area (Å²) in [6.07, 6.45) is -7.48. The summed E-state index contributed by atoms with van der Waals surface area (Å²) in [6.45, 7) is 1.31. The number of aliphatic hydroxyl groups excluding tert-OH is 3. The molecule has 1 heterocycles. The van der Waals surface area contributed by atoms with Crippen molar-refractivity contribution in [3.05, 3.63) is 0 Å². The first-order valence-corrected chi connectivity index (χ1v) is 5.44. The minimum Gasteiger partial charge on any atom is -0.387 e. The van der Waals surface area contributed by atoms with Gasteiger partial charge in [0.05, 0.1) is 6.10 Å². The molecular weight excluding hydrogens is 232 g/mol. The van der Waals surface area contributed by atoms with Gasteiger partial charge in [-0.05, 0) is 6.92 Å². The third-order valence-electron chi connectivity index (χ3n) is 2.03. The second-order valence-corrected chi connectivity index (χ2v) is 4.25. The molecule has 0 saturated carbocycles. The van der Waals surface area contributed by atoms with Crippen LogP contribution < -0.4 is 0 Å². The zero-order valence-corrected chi connectivity index (χ0v) is 8.53. The summed E-state index contributed by atoms with van der Waals surface area (Å²) in [7, 11) is -4.76. The molecule has 4 N–H and O–H groups in total. The number of hydrogen-bond donors (Lipinski definition) is 4. The Morgan fingerprint density at radius 1 is 1.20 bits per heavy atom. The van der Waals surface area contributed by atoms with Crippen LogP contribution in [-0.2, 0) is 19.3 Å². The molecule has 90 valence electrons. The van der Waals surface area contributed by atoms with E-state index in [1.165, 1.54) is 6.92 Å². The van der Waals surface area contributed by atoms with Crippen LogP contribution in [0.25, 0.3) is 0 Å². The molecule has 0 aromatic carbocycles. The Morgan fingerprint density at radius 2 is 1.73 bits per heavy atom. The average molecular weight is 244 g/mol. The largest absolute Gasteiger partial charge is 0.397 e. The summed E-state index contributed by atoms with van der Waals surface area (Å²) in [5.41, 5.74) is 0. The molecule has 0 aromatic heterocycles. The van der Waals surface area contributed by atoms with E-state index in [-0.39, 0.29) is 0 Å². The van der Waals surface area contributed by atoms with Crippen molar-refractivity contribution in [2.24, 2.45) is 0 Å². The van der Waals surface area contributed by atoms with Crippen LogP contribution in [-0.4, -0.2) is 59.0 Å². The molecule has 5 atom stereocenters. The van der Waals surface area contributed by atoms with Crippen molar-refractivity contribution in [2.75, 3.05) is 0 Å². The molecule has 1 saturated heterocycles. The number of hydrogen-bond acceptors (Lipinski definition) is 7. The SMILES string of the molecule is C[C@@H]1O[C@@H](O)[C@@H](O)[C@H](O)[C@@H]1OS(=O)(=O)O. The number of ether oxygens (including phenoxy) is 1. The molecule has 1 aliphatic heterocycles. The van der Waals surface area contributed by atoms with E-state index in [1.54, 1.807) is 0 Å².